The summed E-state index contributed by atoms with van der Waals surface area (Å²) < 4.78 is 0. The van der Waals surface area contributed by atoms with E-state index >= 15 is 0 Å². The molecule has 10 heteroatoms. The van der Waals surface area contributed by atoms with Crippen LogP contribution in [-0.2, 0) is 0 Å². The third kappa shape index (κ3) is 3.64. The highest BCUT2D eigenvalue weighted by Crippen LogP contribution is 2.24. The van der Waals surface area contributed by atoms with Crippen molar-refractivity contribution in [2.75, 3.05) is 12.4 Å². The highest BCUT2D eigenvalue weighted by molar-refractivity contribution is 7.13. The number of aryl methyl sites for hydroxylation is 1. The van der Waals surface area contributed by atoms with E-state index in [1.807, 2.05) is 0 Å². The first-order valence-electron chi connectivity index (χ1n) is 7.50. The van der Waals surface area contributed by atoms with Crippen LogP contribution < -0.4 is 15.5 Å². The number of hydrogen-bond donors (Lipinski definition) is 3. The van der Waals surface area contributed by atoms with Gasteiger partial charge in [-0.1, -0.05) is 6.07 Å². The molecule has 0 saturated heterocycles. The van der Waals surface area contributed by atoms with Crippen LogP contribution in [0, 0.1) is 6.92 Å². The van der Waals surface area contributed by atoms with E-state index in [1.54, 1.807) is 25.1 Å². The SMILES string of the molecule is CNC(=O)c1ccc(-c2cc(C)ncc2C(=O)Nc2n[nH]c(=O)s2)cn1. The lowest BCUT2D eigenvalue weighted by Crippen LogP contribution is -2.19. The Balaban J connectivity index is 1.96. The Bertz CT molecular complexity index is 1020. The predicted octanol–water partition coefficient (Wildman–Crippen LogP) is 1.21. The third-order valence-electron chi connectivity index (χ3n) is 3.48. The number of hydrogen-bond acceptors (Lipinski definition) is 7. The number of pyridine rings is 2. The molecule has 0 radical (unpaired) electrons. The first-order chi connectivity index (χ1) is 12.5. The van der Waals surface area contributed by atoms with Gasteiger partial charge >= 0.3 is 4.87 Å². The van der Waals surface area contributed by atoms with Crippen LogP contribution >= 0.6 is 11.3 Å². The minimum Gasteiger partial charge on any atom is -0.354 e. The van der Waals surface area contributed by atoms with Crippen molar-refractivity contribution in [3.8, 4) is 11.1 Å². The molecule has 3 rings (SSSR count). The minimum absolute atomic E-state index is 0.166. The van der Waals surface area contributed by atoms with Gasteiger partial charge in [0.15, 0.2) is 0 Å². The lowest BCUT2D eigenvalue weighted by atomic mass is 10.0. The molecule has 0 unspecified atom stereocenters. The molecule has 0 fully saturated rings. The summed E-state index contributed by atoms with van der Waals surface area (Å²) in [6.45, 7) is 1.80. The Hall–Kier alpha value is -3.40. The van der Waals surface area contributed by atoms with Gasteiger partial charge in [-0.2, -0.15) is 0 Å². The molecule has 0 aromatic carbocycles. The Kier molecular flexibility index (Phi) is 4.85. The summed E-state index contributed by atoms with van der Waals surface area (Å²) in [6, 6.07) is 5.03. The first kappa shape index (κ1) is 17.4. The summed E-state index contributed by atoms with van der Waals surface area (Å²) in [5, 5.41) is 11.2. The van der Waals surface area contributed by atoms with Gasteiger partial charge in [0.05, 0.1) is 5.56 Å². The zero-order chi connectivity index (χ0) is 18.7. The van der Waals surface area contributed by atoms with E-state index in [9.17, 15) is 14.4 Å². The molecular formula is C16H14N6O3S. The predicted molar refractivity (Wildman–Crippen MR) is 96.3 cm³/mol. The van der Waals surface area contributed by atoms with E-state index in [4.69, 9.17) is 0 Å². The molecule has 0 saturated carbocycles. The number of rotatable bonds is 4. The molecule has 3 aromatic rings. The van der Waals surface area contributed by atoms with Crippen molar-refractivity contribution in [3.63, 3.8) is 0 Å². The van der Waals surface area contributed by atoms with Crippen molar-refractivity contribution in [2.45, 2.75) is 6.92 Å². The van der Waals surface area contributed by atoms with E-state index in [0.717, 1.165) is 17.0 Å². The van der Waals surface area contributed by atoms with Crippen molar-refractivity contribution in [3.05, 3.63) is 57.2 Å². The lowest BCUT2D eigenvalue weighted by Gasteiger charge is -2.10. The molecule has 3 aromatic heterocycles. The molecule has 26 heavy (non-hydrogen) atoms. The van der Waals surface area contributed by atoms with Crippen molar-refractivity contribution in [1.82, 2.24) is 25.5 Å². The van der Waals surface area contributed by atoms with Gasteiger partial charge in [-0.05, 0) is 36.0 Å². The molecule has 132 valence electrons. The van der Waals surface area contributed by atoms with Crippen LogP contribution in [0.2, 0.25) is 0 Å². The second kappa shape index (κ2) is 7.23. The molecule has 2 amide bonds. The largest absolute Gasteiger partial charge is 0.354 e. The Labute approximate surface area is 151 Å². The summed E-state index contributed by atoms with van der Waals surface area (Å²) >= 11 is 0.792. The zero-order valence-corrected chi connectivity index (χ0v) is 14.7. The molecule has 0 aliphatic carbocycles. The van der Waals surface area contributed by atoms with Gasteiger partial charge in [0, 0.05) is 30.7 Å². The summed E-state index contributed by atoms with van der Waals surface area (Å²) in [5.41, 5.74) is 2.55. The minimum atomic E-state index is -0.453. The number of carbonyl (C=O) groups is 2. The molecule has 0 spiro atoms. The van der Waals surface area contributed by atoms with Gasteiger partial charge in [-0.25, -0.2) is 5.10 Å². The van der Waals surface area contributed by atoms with Crippen LogP contribution in [0.3, 0.4) is 0 Å². The molecule has 9 nitrogen and oxygen atoms in total. The van der Waals surface area contributed by atoms with Crippen molar-refractivity contribution in [2.24, 2.45) is 0 Å². The van der Waals surface area contributed by atoms with E-state index < -0.39 is 5.91 Å². The number of aromatic amines is 1. The standard InChI is InChI=1S/C16H14N6O3S/c1-8-5-10(9-3-4-12(19-6-9)14(24)17-2)11(7-18-8)13(23)20-15-21-22-16(25)26-15/h3-7H,1-2H3,(H,17,24)(H,22,25)(H,20,21,23). The molecule has 3 heterocycles. The van der Waals surface area contributed by atoms with Crippen LogP contribution in [0.5, 0.6) is 0 Å². The number of carbonyl (C=O) groups excluding carboxylic acids is 2. The third-order valence-corrected chi connectivity index (χ3v) is 4.14. The van der Waals surface area contributed by atoms with Gasteiger partial charge in [-0.15, -0.1) is 5.10 Å². The molecule has 0 atom stereocenters. The monoisotopic (exact) mass is 370 g/mol. The van der Waals surface area contributed by atoms with Gasteiger partial charge in [0.2, 0.25) is 5.13 Å². The van der Waals surface area contributed by atoms with E-state index in [1.165, 1.54) is 19.4 Å². The van der Waals surface area contributed by atoms with E-state index in [-0.39, 0.29) is 21.6 Å². The summed E-state index contributed by atoms with van der Waals surface area (Å²) in [6.07, 6.45) is 2.96. The Morgan fingerprint density at radius 3 is 2.58 bits per heavy atom. The Morgan fingerprint density at radius 1 is 1.15 bits per heavy atom. The maximum atomic E-state index is 12.6. The fraction of sp³-hybridized carbons (Fsp3) is 0.125. The molecular weight excluding hydrogens is 356 g/mol. The molecule has 0 bridgehead atoms. The van der Waals surface area contributed by atoms with Crippen LogP contribution in [0.25, 0.3) is 11.1 Å². The van der Waals surface area contributed by atoms with E-state index in [0.29, 0.717) is 16.7 Å². The van der Waals surface area contributed by atoms with Crippen molar-refractivity contribution < 1.29 is 9.59 Å². The summed E-state index contributed by atoms with van der Waals surface area (Å²) in [5.74, 6) is -0.750. The van der Waals surface area contributed by atoms with Gasteiger partial charge in [0.25, 0.3) is 11.8 Å². The van der Waals surface area contributed by atoms with Crippen LogP contribution in [0.4, 0.5) is 5.13 Å². The zero-order valence-electron chi connectivity index (χ0n) is 13.9. The maximum absolute atomic E-state index is 12.6. The second-order valence-electron chi connectivity index (χ2n) is 5.25. The molecule has 3 N–H and O–H groups in total. The lowest BCUT2D eigenvalue weighted by molar-refractivity contribution is 0.0957. The maximum Gasteiger partial charge on any atom is 0.324 e. The van der Waals surface area contributed by atoms with Gasteiger partial charge < -0.3 is 5.32 Å². The number of aromatic nitrogens is 4. The van der Waals surface area contributed by atoms with E-state index in [2.05, 4.69) is 30.8 Å². The van der Waals surface area contributed by atoms with Gasteiger partial charge in [0.1, 0.15) is 5.69 Å². The highest BCUT2D eigenvalue weighted by atomic mass is 32.1. The smallest absolute Gasteiger partial charge is 0.324 e. The normalized spacial score (nSPS) is 10.4. The fourth-order valence-electron chi connectivity index (χ4n) is 2.24. The number of nitrogens with one attached hydrogen (secondary N) is 3. The second-order valence-corrected chi connectivity index (χ2v) is 6.22. The topological polar surface area (TPSA) is 130 Å². The van der Waals surface area contributed by atoms with Crippen molar-refractivity contribution in [1.29, 1.82) is 0 Å². The quantitative estimate of drug-likeness (QED) is 0.633. The molecule has 0 aliphatic heterocycles. The number of H-pyrrole nitrogens is 1. The van der Waals surface area contributed by atoms with Gasteiger partial charge in [-0.3, -0.25) is 29.7 Å². The summed E-state index contributed by atoms with van der Waals surface area (Å²) in [7, 11) is 1.52. The van der Waals surface area contributed by atoms with Crippen LogP contribution in [0.1, 0.15) is 26.5 Å². The Morgan fingerprint density at radius 2 is 1.96 bits per heavy atom. The highest BCUT2D eigenvalue weighted by Gasteiger charge is 2.16. The first-order valence-corrected chi connectivity index (χ1v) is 8.31. The number of anilines is 1. The van der Waals surface area contributed by atoms with Crippen LogP contribution in [0.15, 0.2) is 35.4 Å². The summed E-state index contributed by atoms with van der Waals surface area (Å²) in [4.78, 5) is 43.2. The number of nitrogens with zero attached hydrogens (tertiary/aromatic N) is 3. The van der Waals surface area contributed by atoms with Crippen molar-refractivity contribution >= 4 is 28.3 Å². The fourth-order valence-corrected chi connectivity index (χ4v) is 2.74. The number of amides is 2. The molecule has 0 aliphatic rings. The average Bonchev–Trinajstić information content (AvgIpc) is 3.05. The van der Waals surface area contributed by atoms with Crippen LogP contribution in [-0.4, -0.2) is 39.0 Å². The average molecular weight is 370 g/mol.